The van der Waals surface area contributed by atoms with Crippen molar-refractivity contribution in [3.05, 3.63) is 30.3 Å². The Morgan fingerprint density at radius 1 is 1.20 bits per heavy atom. The number of piperidine rings is 1. The highest BCUT2D eigenvalue weighted by Gasteiger charge is 2.26. The molecule has 0 spiro atoms. The molecule has 1 amide bonds. The lowest BCUT2D eigenvalue weighted by Gasteiger charge is -2.34. The first-order valence-electron chi connectivity index (χ1n) is 7.46. The van der Waals surface area contributed by atoms with Crippen LogP contribution in [0.1, 0.15) is 40.0 Å². The smallest absolute Gasteiger partial charge is 0.410 e. The van der Waals surface area contributed by atoms with E-state index in [1.807, 2.05) is 35.2 Å². The van der Waals surface area contributed by atoms with Gasteiger partial charge < -0.3 is 9.64 Å². The van der Waals surface area contributed by atoms with Crippen LogP contribution in [0.25, 0.3) is 0 Å². The number of likely N-dealkylation sites (tertiary alicyclic amines) is 1. The fourth-order valence-corrected chi connectivity index (χ4v) is 2.84. The van der Waals surface area contributed by atoms with E-state index in [2.05, 4.69) is 20.8 Å². The van der Waals surface area contributed by atoms with Gasteiger partial charge in [-0.1, -0.05) is 39.0 Å². The van der Waals surface area contributed by atoms with E-state index in [0.717, 1.165) is 31.8 Å². The quantitative estimate of drug-likeness (QED) is 0.803. The molecule has 1 saturated heterocycles. The Labute approximate surface area is 121 Å². The Hall–Kier alpha value is -1.51. The van der Waals surface area contributed by atoms with Crippen LogP contribution in [0.2, 0.25) is 0 Å². The molecule has 0 aliphatic carbocycles. The second-order valence-corrected chi connectivity index (χ2v) is 6.88. The highest BCUT2D eigenvalue weighted by atomic mass is 16.6. The number of para-hydroxylation sites is 1. The number of amides is 1. The molecule has 1 heterocycles. The maximum absolute atomic E-state index is 12.1. The minimum absolute atomic E-state index is 0.217. The lowest BCUT2D eigenvalue weighted by molar-refractivity contribution is 0.121. The molecule has 1 aromatic carbocycles. The minimum atomic E-state index is -0.217. The van der Waals surface area contributed by atoms with E-state index in [-0.39, 0.29) is 6.09 Å². The first-order valence-corrected chi connectivity index (χ1v) is 7.46. The number of ether oxygens (including phenoxy) is 1. The number of carbonyl (C=O) groups excluding carboxylic acids is 1. The maximum Gasteiger partial charge on any atom is 0.415 e. The van der Waals surface area contributed by atoms with Crippen molar-refractivity contribution in [3.63, 3.8) is 0 Å². The van der Waals surface area contributed by atoms with Crippen LogP contribution >= 0.6 is 0 Å². The summed E-state index contributed by atoms with van der Waals surface area (Å²) >= 11 is 0. The molecular weight excluding hydrogens is 250 g/mol. The molecule has 2 rings (SSSR count). The Morgan fingerprint density at radius 2 is 1.80 bits per heavy atom. The van der Waals surface area contributed by atoms with E-state index in [0.29, 0.717) is 11.2 Å². The van der Waals surface area contributed by atoms with Gasteiger partial charge in [-0.15, -0.1) is 0 Å². The molecule has 0 radical (unpaired) electrons. The van der Waals surface area contributed by atoms with Gasteiger partial charge in [-0.3, -0.25) is 0 Å². The standard InChI is InChI=1S/C17H25NO2/c1-17(2,3)13-14-9-11-18(12-10-14)16(19)20-15-7-5-4-6-8-15/h4-8,14H,9-13H2,1-3H3. The van der Waals surface area contributed by atoms with Crippen molar-refractivity contribution in [2.24, 2.45) is 11.3 Å². The van der Waals surface area contributed by atoms with E-state index in [4.69, 9.17) is 4.74 Å². The predicted octanol–water partition coefficient (Wildman–Crippen LogP) is 4.33. The predicted molar refractivity (Wildman–Crippen MR) is 80.8 cm³/mol. The summed E-state index contributed by atoms with van der Waals surface area (Å²) < 4.78 is 5.38. The molecular formula is C17H25NO2. The van der Waals surface area contributed by atoms with Gasteiger partial charge >= 0.3 is 6.09 Å². The molecule has 1 aliphatic rings. The van der Waals surface area contributed by atoms with Crippen molar-refractivity contribution in [3.8, 4) is 5.75 Å². The summed E-state index contributed by atoms with van der Waals surface area (Å²) in [4.78, 5) is 13.9. The van der Waals surface area contributed by atoms with Crippen LogP contribution in [0.4, 0.5) is 4.79 Å². The maximum atomic E-state index is 12.1. The van der Waals surface area contributed by atoms with Gasteiger partial charge in [0.1, 0.15) is 5.75 Å². The summed E-state index contributed by atoms with van der Waals surface area (Å²) in [5, 5.41) is 0. The highest BCUT2D eigenvalue weighted by Crippen LogP contribution is 2.31. The van der Waals surface area contributed by atoms with Gasteiger partial charge in [-0.25, -0.2) is 4.79 Å². The van der Waals surface area contributed by atoms with E-state index in [1.54, 1.807) is 0 Å². The largest absolute Gasteiger partial charge is 0.415 e. The van der Waals surface area contributed by atoms with Crippen molar-refractivity contribution in [1.82, 2.24) is 4.90 Å². The number of hydrogen-bond acceptors (Lipinski definition) is 2. The second kappa shape index (κ2) is 6.29. The molecule has 1 aromatic rings. The van der Waals surface area contributed by atoms with Crippen LogP contribution < -0.4 is 4.74 Å². The number of benzene rings is 1. The van der Waals surface area contributed by atoms with Crippen LogP contribution in [-0.2, 0) is 0 Å². The SMILES string of the molecule is CC(C)(C)CC1CCN(C(=O)Oc2ccccc2)CC1. The van der Waals surface area contributed by atoms with Gasteiger partial charge in [-0.05, 0) is 42.7 Å². The van der Waals surface area contributed by atoms with E-state index in [9.17, 15) is 4.79 Å². The topological polar surface area (TPSA) is 29.5 Å². The third-order valence-corrected chi connectivity index (χ3v) is 3.72. The molecule has 0 atom stereocenters. The van der Waals surface area contributed by atoms with Crippen LogP contribution in [0.3, 0.4) is 0 Å². The summed E-state index contributed by atoms with van der Waals surface area (Å²) in [5.41, 5.74) is 0.372. The van der Waals surface area contributed by atoms with Gasteiger partial charge in [-0.2, -0.15) is 0 Å². The Balaban J connectivity index is 1.80. The lowest BCUT2D eigenvalue weighted by atomic mass is 9.80. The number of rotatable bonds is 2. The van der Waals surface area contributed by atoms with Crippen molar-refractivity contribution < 1.29 is 9.53 Å². The van der Waals surface area contributed by atoms with Crippen LogP contribution in [0, 0.1) is 11.3 Å². The van der Waals surface area contributed by atoms with E-state index in [1.165, 1.54) is 6.42 Å². The number of hydrogen-bond donors (Lipinski definition) is 0. The number of carbonyl (C=O) groups is 1. The van der Waals surface area contributed by atoms with Crippen molar-refractivity contribution in [1.29, 1.82) is 0 Å². The molecule has 3 heteroatoms. The molecule has 1 aliphatic heterocycles. The molecule has 0 bridgehead atoms. The number of nitrogens with zero attached hydrogens (tertiary/aromatic N) is 1. The third kappa shape index (κ3) is 4.55. The summed E-state index contributed by atoms with van der Waals surface area (Å²) in [7, 11) is 0. The normalized spacial score (nSPS) is 17.1. The van der Waals surface area contributed by atoms with Crippen molar-refractivity contribution in [2.75, 3.05) is 13.1 Å². The molecule has 0 aromatic heterocycles. The van der Waals surface area contributed by atoms with Crippen molar-refractivity contribution >= 4 is 6.09 Å². The zero-order valence-corrected chi connectivity index (χ0v) is 12.8. The Bertz CT molecular complexity index is 428. The zero-order valence-electron chi connectivity index (χ0n) is 12.8. The molecule has 0 unspecified atom stereocenters. The van der Waals surface area contributed by atoms with Gasteiger partial charge in [0, 0.05) is 13.1 Å². The average molecular weight is 275 g/mol. The zero-order chi connectivity index (χ0) is 14.6. The second-order valence-electron chi connectivity index (χ2n) is 6.88. The fraction of sp³-hybridized carbons (Fsp3) is 0.588. The van der Waals surface area contributed by atoms with Gasteiger partial charge in [0.15, 0.2) is 0 Å². The summed E-state index contributed by atoms with van der Waals surface area (Å²) in [6.45, 7) is 8.47. The van der Waals surface area contributed by atoms with E-state index < -0.39 is 0 Å². The molecule has 0 saturated carbocycles. The Kier molecular flexibility index (Phi) is 4.69. The molecule has 3 nitrogen and oxygen atoms in total. The average Bonchev–Trinajstić information content (AvgIpc) is 2.39. The molecule has 20 heavy (non-hydrogen) atoms. The van der Waals surface area contributed by atoms with Crippen LogP contribution in [-0.4, -0.2) is 24.1 Å². The first kappa shape index (κ1) is 14.9. The third-order valence-electron chi connectivity index (χ3n) is 3.72. The first-order chi connectivity index (χ1) is 9.44. The molecule has 1 fully saturated rings. The fourth-order valence-electron chi connectivity index (χ4n) is 2.84. The monoisotopic (exact) mass is 275 g/mol. The van der Waals surface area contributed by atoms with E-state index >= 15 is 0 Å². The Morgan fingerprint density at radius 3 is 2.35 bits per heavy atom. The lowest BCUT2D eigenvalue weighted by Crippen LogP contribution is -2.40. The summed E-state index contributed by atoms with van der Waals surface area (Å²) in [6.07, 6.45) is 3.18. The van der Waals surface area contributed by atoms with Gasteiger partial charge in [0.05, 0.1) is 0 Å². The van der Waals surface area contributed by atoms with Crippen molar-refractivity contribution in [2.45, 2.75) is 40.0 Å². The highest BCUT2D eigenvalue weighted by molar-refractivity contribution is 5.70. The van der Waals surface area contributed by atoms with Gasteiger partial charge in [0.25, 0.3) is 0 Å². The summed E-state index contributed by atoms with van der Waals surface area (Å²) in [6, 6.07) is 9.28. The molecule has 0 N–H and O–H groups in total. The van der Waals surface area contributed by atoms with Gasteiger partial charge in [0.2, 0.25) is 0 Å². The van der Waals surface area contributed by atoms with Crippen LogP contribution in [0.5, 0.6) is 5.75 Å². The summed E-state index contributed by atoms with van der Waals surface area (Å²) in [5.74, 6) is 1.35. The molecule has 110 valence electrons. The minimum Gasteiger partial charge on any atom is -0.410 e. The van der Waals surface area contributed by atoms with Crippen LogP contribution in [0.15, 0.2) is 30.3 Å².